The Morgan fingerprint density at radius 3 is 2.35 bits per heavy atom. The summed E-state index contributed by atoms with van der Waals surface area (Å²) in [5.74, 6) is 0.396. The van der Waals surface area contributed by atoms with Gasteiger partial charge in [0.2, 0.25) is 0 Å². The first-order valence-corrected chi connectivity index (χ1v) is 10.6. The zero-order chi connectivity index (χ0) is 23.6. The van der Waals surface area contributed by atoms with Gasteiger partial charge < -0.3 is 14.5 Å². The van der Waals surface area contributed by atoms with E-state index in [1.54, 1.807) is 38.4 Å². The van der Waals surface area contributed by atoms with Gasteiger partial charge in [0.05, 0.1) is 0 Å². The van der Waals surface area contributed by atoms with E-state index >= 15 is 0 Å². The summed E-state index contributed by atoms with van der Waals surface area (Å²) in [5, 5.41) is 0. The Labute approximate surface area is 186 Å². The van der Waals surface area contributed by atoms with Gasteiger partial charge in [-0.15, -0.1) is 5.73 Å². The van der Waals surface area contributed by atoms with E-state index in [1.165, 1.54) is 4.90 Å². The van der Waals surface area contributed by atoms with Crippen LogP contribution in [0, 0.1) is 0 Å². The number of amides is 1. The molecule has 0 heterocycles. The third-order valence-electron chi connectivity index (χ3n) is 4.37. The summed E-state index contributed by atoms with van der Waals surface area (Å²) in [4.78, 5) is 27.6. The van der Waals surface area contributed by atoms with Crippen molar-refractivity contribution in [2.24, 2.45) is 0 Å². The van der Waals surface area contributed by atoms with E-state index in [1.807, 2.05) is 71.0 Å². The second-order valence-electron chi connectivity index (χ2n) is 6.84. The van der Waals surface area contributed by atoms with Crippen LogP contribution in [0.15, 0.2) is 71.2 Å². The molecule has 166 valence electrons. The van der Waals surface area contributed by atoms with Crippen molar-refractivity contribution in [2.75, 3.05) is 33.1 Å². The molecule has 0 bridgehead atoms. The molecule has 1 aromatic carbocycles. The molecule has 1 amide bonds. The van der Waals surface area contributed by atoms with Crippen LogP contribution >= 0.6 is 0 Å². The second-order valence-corrected chi connectivity index (χ2v) is 6.84. The summed E-state index contributed by atoms with van der Waals surface area (Å²) < 4.78 is 5.26. The molecule has 0 fully saturated rings. The van der Waals surface area contributed by atoms with Crippen molar-refractivity contribution in [1.82, 2.24) is 4.90 Å². The molecule has 5 heteroatoms. The quantitative estimate of drug-likeness (QED) is 0.586. The first-order valence-electron chi connectivity index (χ1n) is 10.6. The lowest BCUT2D eigenvalue weighted by Gasteiger charge is -2.19. The van der Waals surface area contributed by atoms with Gasteiger partial charge in [0.15, 0.2) is 5.78 Å². The number of hydrogen-bond acceptors (Lipinski definition) is 4. The first kappa shape index (κ1) is 25.7. The fourth-order valence-electron chi connectivity index (χ4n) is 2.83. The molecule has 2 aliphatic carbocycles. The summed E-state index contributed by atoms with van der Waals surface area (Å²) in [6.45, 7) is 8.00. The molecule has 0 aromatic heterocycles. The van der Waals surface area contributed by atoms with E-state index in [4.69, 9.17) is 4.74 Å². The Morgan fingerprint density at radius 2 is 1.74 bits per heavy atom. The molecule has 0 unspecified atom stereocenters. The largest absolute Gasteiger partial charge is 0.414 e. The highest BCUT2D eigenvalue weighted by molar-refractivity contribution is 6.08. The number of hydrogen-bond donors (Lipinski definition) is 0. The maximum Gasteiger partial charge on any atom is 0.414 e. The Bertz CT molecular complexity index is 957. The van der Waals surface area contributed by atoms with Crippen LogP contribution in [0.5, 0.6) is 0 Å². The van der Waals surface area contributed by atoms with Gasteiger partial charge in [-0.3, -0.25) is 4.79 Å². The predicted molar refractivity (Wildman–Crippen MR) is 129 cm³/mol. The fourth-order valence-corrected chi connectivity index (χ4v) is 2.83. The average molecular weight is 423 g/mol. The monoisotopic (exact) mass is 422 g/mol. The number of benzene rings is 1. The molecule has 3 rings (SSSR count). The van der Waals surface area contributed by atoms with Crippen molar-refractivity contribution in [3.63, 3.8) is 0 Å². The summed E-state index contributed by atoms with van der Waals surface area (Å²) in [5.41, 5.74) is 7.58. The molecule has 31 heavy (non-hydrogen) atoms. The van der Waals surface area contributed by atoms with Gasteiger partial charge in [0.25, 0.3) is 0 Å². The zero-order valence-electron chi connectivity index (χ0n) is 19.9. The molecular formula is C26H34N2O3. The van der Waals surface area contributed by atoms with E-state index in [2.05, 4.69) is 5.73 Å². The first-order chi connectivity index (χ1) is 14.8. The van der Waals surface area contributed by atoms with Gasteiger partial charge in [0, 0.05) is 51.1 Å². The maximum absolute atomic E-state index is 12.6. The highest BCUT2D eigenvalue weighted by Crippen LogP contribution is 2.29. The van der Waals surface area contributed by atoms with Crippen LogP contribution in [0.1, 0.15) is 43.6 Å². The topological polar surface area (TPSA) is 49.9 Å². The third kappa shape index (κ3) is 6.87. The average Bonchev–Trinajstić information content (AvgIpc) is 3.01. The van der Waals surface area contributed by atoms with E-state index in [9.17, 15) is 9.59 Å². The molecule has 0 spiro atoms. The summed E-state index contributed by atoms with van der Waals surface area (Å²) in [6.07, 6.45) is 8.84. The van der Waals surface area contributed by atoms with E-state index in [0.717, 1.165) is 28.0 Å². The number of ketones is 1. The van der Waals surface area contributed by atoms with E-state index in [0.29, 0.717) is 12.2 Å². The van der Waals surface area contributed by atoms with Gasteiger partial charge in [-0.05, 0) is 47.9 Å². The van der Waals surface area contributed by atoms with E-state index < -0.39 is 6.09 Å². The number of ether oxygens (including phenoxy) is 1. The van der Waals surface area contributed by atoms with Gasteiger partial charge in [0.1, 0.15) is 5.76 Å². The van der Waals surface area contributed by atoms with Crippen LogP contribution in [0.25, 0.3) is 0 Å². The predicted octanol–water partition coefficient (Wildman–Crippen LogP) is 5.70. The number of fused-ring (bicyclic) bond motifs is 1. The van der Waals surface area contributed by atoms with Crippen molar-refractivity contribution in [3.05, 3.63) is 82.3 Å². The molecule has 5 nitrogen and oxygen atoms in total. The van der Waals surface area contributed by atoms with Crippen LogP contribution in [0.2, 0.25) is 0 Å². The third-order valence-corrected chi connectivity index (χ3v) is 4.37. The molecule has 0 saturated heterocycles. The molecule has 0 saturated carbocycles. The zero-order valence-corrected chi connectivity index (χ0v) is 19.9. The van der Waals surface area contributed by atoms with Crippen molar-refractivity contribution in [1.29, 1.82) is 0 Å². The Morgan fingerprint density at radius 1 is 1.06 bits per heavy atom. The highest BCUT2D eigenvalue weighted by Gasteiger charge is 2.20. The van der Waals surface area contributed by atoms with Gasteiger partial charge >= 0.3 is 6.09 Å². The lowest BCUT2D eigenvalue weighted by molar-refractivity contribution is 0.104. The maximum atomic E-state index is 12.6. The molecule has 1 aromatic rings. The number of carbonyl (C=O) groups excluding carboxylic acids is 2. The lowest BCUT2D eigenvalue weighted by atomic mass is 9.87. The molecule has 0 aliphatic heterocycles. The second kappa shape index (κ2) is 12.4. The van der Waals surface area contributed by atoms with Crippen molar-refractivity contribution >= 4 is 17.6 Å². The van der Waals surface area contributed by atoms with Gasteiger partial charge in [-0.1, -0.05) is 39.8 Å². The van der Waals surface area contributed by atoms with Crippen molar-refractivity contribution in [2.45, 2.75) is 34.1 Å². The minimum atomic E-state index is -0.450. The Balaban J connectivity index is 0.00000113. The molecule has 0 N–H and O–H groups in total. The SMILES string of the molecule is CC.CC.CN(C)C(=O)OC1=CC=CC(C2=CC(=O)c3cc(N(C)C)ccc3C2)=C=C1. The number of anilines is 1. The number of carbonyl (C=O) groups is 2. The summed E-state index contributed by atoms with van der Waals surface area (Å²) in [7, 11) is 7.15. The molecular weight excluding hydrogens is 388 g/mol. The summed E-state index contributed by atoms with van der Waals surface area (Å²) in [6, 6.07) is 5.95. The number of nitrogens with zero attached hydrogens (tertiary/aromatic N) is 2. The smallest absolute Gasteiger partial charge is 0.410 e. The van der Waals surface area contributed by atoms with Crippen molar-refractivity contribution < 1.29 is 14.3 Å². The van der Waals surface area contributed by atoms with Crippen LogP contribution in [-0.4, -0.2) is 45.0 Å². The molecule has 2 aliphatic rings. The molecule has 0 atom stereocenters. The van der Waals surface area contributed by atoms with Crippen LogP contribution in [-0.2, 0) is 11.2 Å². The fraction of sp³-hybridized carbons (Fsp3) is 0.346. The minimum Gasteiger partial charge on any atom is -0.410 e. The standard InChI is InChI=1S/C22H22N2O3.2C2H6/c1-23(2)18-10-8-16-12-17(13-21(25)20(16)14-18)15-6-5-7-19(11-9-15)27-22(26)24(3)4;2*1-2/h5-8,10-11,13-14H,12H2,1-4H3;2*1-2H3. The van der Waals surface area contributed by atoms with Gasteiger partial charge in [-0.2, -0.15) is 0 Å². The Hall–Kier alpha value is -3.30. The van der Waals surface area contributed by atoms with Crippen molar-refractivity contribution in [3.8, 4) is 0 Å². The van der Waals surface area contributed by atoms with Crippen LogP contribution in [0.3, 0.4) is 0 Å². The highest BCUT2D eigenvalue weighted by atomic mass is 16.6. The number of allylic oxidation sites excluding steroid dienone is 6. The minimum absolute atomic E-state index is 0.00545. The normalized spacial score (nSPS) is 13.7. The van der Waals surface area contributed by atoms with Gasteiger partial charge in [-0.25, -0.2) is 4.79 Å². The van der Waals surface area contributed by atoms with E-state index in [-0.39, 0.29) is 5.78 Å². The van der Waals surface area contributed by atoms with Crippen LogP contribution < -0.4 is 4.90 Å². The Kier molecular flexibility index (Phi) is 10.3. The summed E-state index contributed by atoms with van der Waals surface area (Å²) >= 11 is 0. The number of rotatable bonds is 3. The lowest BCUT2D eigenvalue weighted by Crippen LogP contribution is -2.22. The van der Waals surface area contributed by atoms with Crippen LogP contribution in [0.4, 0.5) is 10.5 Å². The molecule has 0 radical (unpaired) electrons.